The van der Waals surface area contributed by atoms with Crippen LogP contribution in [0.25, 0.3) is 0 Å². The van der Waals surface area contributed by atoms with Crippen molar-refractivity contribution in [2.24, 2.45) is 5.73 Å². The van der Waals surface area contributed by atoms with Crippen LogP contribution >= 0.6 is 0 Å². The Bertz CT molecular complexity index is 392. The van der Waals surface area contributed by atoms with Gasteiger partial charge in [-0.2, -0.15) is 5.10 Å². The van der Waals surface area contributed by atoms with E-state index < -0.39 is 24.3 Å². The molecule has 2 heterocycles. The first kappa shape index (κ1) is 11.1. The van der Waals surface area contributed by atoms with E-state index in [1.807, 2.05) is 0 Å². The van der Waals surface area contributed by atoms with Gasteiger partial charge in [-0.3, -0.25) is 4.79 Å². The molecule has 1 aliphatic heterocycles. The van der Waals surface area contributed by atoms with Gasteiger partial charge in [0, 0.05) is 12.6 Å². The Morgan fingerprint density at radius 3 is 3.00 bits per heavy atom. The van der Waals surface area contributed by atoms with Gasteiger partial charge in [0.2, 0.25) is 0 Å². The van der Waals surface area contributed by atoms with E-state index in [1.165, 1.54) is 17.1 Å². The predicted octanol–water partition coefficient (Wildman–Crippen LogP) is -1.38. The van der Waals surface area contributed by atoms with Crippen LogP contribution in [0.4, 0.5) is 0 Å². The first-order chi connectivity index (χ1) is 7.61. The van der Waals surface area contributed by atoms with E-state index >= 15 is 0 Å². The van der Waals surface area contributed by atoms with E-state index in [9.17, 15) is 9.90 Å². The van der Waals surface area contributed by atoms with Gasteiger partial charge in [-0.25, -0.2) is 4.68 Å². The normalized spacial score (nSPS) is 29.5. The second-order valence-electron chi connectivity index (χ2n) is 3.69. The van der Waals surface area contributed by atoms with Gasteiger partial charge in [-0.05, 0) is 0 Å². The van der Waals surface area contributed by atoms with Crippen molar-refractivity contribution in [3.05, 3.63) is 18.0 Å². The van der Waals surface area contributed by atoms with Crippen molar-refractivity contribution in [3.8, 4) is 0 Å². The molecule has 7 nitrogen and oxygen atoms in total. The first-order valence-corrected chi connectivity index (χ1v) is 4.90. The van der Waals surface area contributed by atoms with Crippen LogP contribution in [0.2, 0.25) is 0 Å². The molecule has 4 N–H and O–H groups in total. The maximum atomic E-state index is 10.9. The summed E-state index contributed by atoms with van der Waals surface area (Å²) in [6.45, 7) is -0.248. The van der Waals surface area contributed by atoms with Gasteiger partial charge < -0.3 is 20.7 Å². The largest absolute Gasteiger partial charge is 0.394 e. The molecular weight excluding hydrogens is 214 g/mol. The minimum Gasteiger partial charge on any atom is -0.394 e. The van der Waals surface area contributed by atoms with Crippen molar-refractivity contribution in [1.29, 1.82) is 0 Å². The summed E-state index contributed by atoms with van der Waals surface area (Å²) in [5, 5.41) is 22.3. The number of amides is 1. The van der Waals surface area contributed by atoms with Crippen LogP contribution in [0, 0.1) is 0 Å². The first-order valence-electron chi connectivity index (χ1n) is 4.90. The summed E-state index contributed by atoms with van der Waals surface area (Å²) in [4.78, 5) is 10.9. The van der Waals surface area contributed by atoms with Crippen LogP contribution in [0.15, 0.2) is 12.4 Å². The summed E-state index contributed by atoms with van der Waals surface area (Å²) in [7, 11) is 0. The summed E-state index contributed by atoms with van der Waals surface area (Å²) in [6, 6.07) is 0. The number of carbonyl (C=O) groups is 1. The van der Waals surface area contributed by atoms with E-state index in [2.05, 4.69) is 5.10 Å². The van der Waals surface area contributed by atoms with Crippen LogP contribution in [-0.4, -0.2) is 44.7 Å². The molecule has 2 rings (SSSR count). The number of nitrogens with zero attached hydrogens (tertiary/aromatic N) is 2. The van der Waals surface area contributed by atoms with E-state index in [4.69, 9.17) is 15.6 Å². The van der Waals surface area contributed by atoms with Gasteiger partial charge in [0.05, 0.1) is 24.5 Å². The Kier molecular flexibility index (Phi) is 2.90. The molecule has 0 aliphatic carbocycles. The lowest BCUT2D eigenvalue weighted by atomic mass is 10.2. The van der Waals surface area contributed by atoms with Crippen LogP contribution in [0.5, 0.6) is 0 Å². The molecule has 16 heavy (non-hydrogen) atoms. The average molecular weight is 227 g/mol. The molecule has 1 aliphatic rings. The number of nitrogens with two attached hydrogens (primary N) is 1. The van der Waals surface area contributed by atoms with Gasteiger partial charge in [0.1, 0.15) is 6.10 Å². The topological polar surface area (TPSA) is 111 Å². The number of aliphatic hydroxyl groups is 2. The van der Waals surface area contributed by atoms with Gasteiger partial charge in [0.25, 0.3) is 5.91 Å². The minimum absolute atomic E-state index is 0.248. The molecule has 1 fully saturated rings. The number of ether oxygens (including phenoxy) is 1. The lowest BCUT2D eigenvalue weighted by Crippen LogP contribution is -2.24. The highest BCUT2D eigenvalue weighted by Gasteiger charge is 2.34. The molecule has 0 spiro atoms. The summed E-state index contributed by atoms with van der Waals surface area (Å²) in [5.41, 5.74) is 5.37. The zero-order valence-electron chi connectivity index (χ0n) is 8.48. The maximum Gasteiger partial charge on any atom is 0.251 e. The summed E-state index contributed by atoms with van der Waals surface area (Å²) in [6.07, 6.45) is 1.32. The SMILES string of the molecule is NC(=O)c1cnn([C@H]2C[C@H](O)[C@@H](CO)O2)c1. The molecule has 88 valence electrons. The highest BCUT2D eigenvalue weighted by atomic mass is 16.5. The maximum absolute atomic E-state index is 10.9. The number of primary amides is 1. The number of hydrogen-bond donors (Lipinski definition) is 3. The van der Waals surface area contributed by atoms with Gasteiger partial charge in [0.15, 0.2) is 6.23 Å². The standard InChI is InChI=1S/C9H13N3O4/c10-9(15)5-2-11-12(3-5)8-1-6(14)7(4-13)16-8/h2-3,6-8,13-14H,1,4H2,(H2,10,15)/t6-,7+,8+/m0/s1. The number of aromatic nitrogens is 2. The summed E-state index contributed by atoms with van der Waals surface area (Å²) < 4.78 is 6.77. The minimum atomic E-state index is -0.726. The van der Waals surface area contributed by atoms with E-state index in [0.29, 0.717) is 6.42 Å². The van der Waals surface area contributed by atoms with Crippen molar-refractivity contribution < 1.29 is 19.7 Å². The van der Waals surface area contributed by atoms with Crippen molar-refractivity contribution >= 4 is 5.91 Å². The second kappa shape index (κ2) is 4.20. The molecule has 0 saturated carbocycles. The third-order valence-corrected chi connectivity index (χ3v) is 2.57. The Morgan fingerprint density at radius 2 is 2.50 bits per heavy atom. The summed E-state index contributed by atoms with van der Waals surface area (Å²) >= 11 is 0. The zero-order valence-corrected chi connectivity index (χ0v) is 8.48. The fourth-order valence-corrected chi connectivity index (χ4v) is 1.66. The van der Waals surface area contributed by atoms with E-state index in [0.717, 1.165) is 0 Å². The Morgan fingerprint density at radius 1 is 1.75 bits per heavy atom. The predicted molar refractivity (Wildman–Crippen MR) is 52.4 cm³/mol. The quantitative estimate of drug-likeness (QED) is 0.589. The second-order valence-corrected chi connectivity index (χ2v) is 3.69. The van der Waals surface area contributed by atoms with Crippen molar-refractivity contribution in [2.75, 3.05) is 6.61 Å². The van der Waals surface area contributed by atoms with Crippen molar-refractivity contribution in [2.45, 2.75) is 24.9 Å². The molecule has 1 saturated heterocycles. The number of carbonyl (C=O) groups excluding carboxylic acids is 1. The summed E-state index contributed by atoms with van der Waals surface area (Å²) in [5.74, 6) is -0.566. The van der Waals surface area contributed by atoms with Gasteiger partial charge in [-0.15, -0.1) is 0 Å². The fraction of sp³-hybridized carbons (Fsp3) is 0.556. The molecule has 0 unspecified atom stereocenters. The molecule has 0 radical (unpaired) electrons. The number of hydrogen-bond acceptors (Lipinski definition) is 5. The number of aliphatic hydroxyl groups excluding tert-OH is 2. The lowest BCUT2D eigenvalue weighted by Gasteiger charge is -2.11. The van der Waals surface area contributed by atoms with Crippen LogP contribution < -0.4 is 5.73 Å². The monoisotopic (exact) mass is 227 g/mol. The van der Waals surface area contributed by atoms with Gasteiger partial charge >= 0.3 is 0 Å². The smallest absolute Gasteiger partial charge is 0.251 e. The molecule has 0 aromatic carbocycles. The molecule has 1 aromatic rings. The van der Waals surface area contributed by atoms with E-state index in [1.54, 1.807) is 0 Å². The van der Waals surface area contributed by atoms with Crippen molar-refractivity contribution in [1.82, 2.24) is 9.78 Å². The molecule has 3 atom stereocenters. The Labute approximate surface area is 91.4 Å². The molecular formula is C9H13N3O4. The van der Waals surface area contributed by atoms with Crippen LogP contribution in [-0.2, 0) is 4.74 Å². The zero-order chi connectivity index (χ0) is 11.7. The molecule has 1 aromatic heterocycles. The molecule has 1 amide bonds. The Balaban J connectivity index is 2.11. The highest BCUT2D eigenvalue weighted by Crippen LogP contribution is 2.27. The average Bonchev–Trinajstić information content (AvgIpc) is 2.83. The van der Waals surface area contributed by atoms with Crippen LogP contribution in [0.1, 0.15) is 23.0 Å². The highest BCUT2D eigenvalue weighted by molar-refractivity contribution is 5.92. The molecule has 7 heteroatoms. The van der Waals surface area contributed by atoms with Gasteiger partial charge in [-0.1, -0.05) is 0 Å². The lowest BCUT2D eigenvalue weighted by molar-refractivity contribution is -0.0484. The van der Waals surface area contributed by atoms with Crippen LogP contribution in [0.3, 0.4) is 0 Å². The Hall–Kier alpha value is -1.44. The number of rotatable bonds is 3. The fourth-order valence-electron chi connectivity index (χ4n) is 1.66. The third kappa shape index (κ3) is 1.92. The van der Waals surface area contributed by atoms with Crippen molar-refractivity contribution in [3.63, 3.8) is 0 Å². The molecule has 0 bridgehead atoms. The van der Waals surface area contributed by atoms with E-state index in [-0.39, 0.29) is 12.2 Å². The third-order valence-electron chi connectivity index (χ3n) is 2.57.